The molecule has 129 valence electrons. The van der Waals surface area contributed by atoms with Crippen LogP contribution in [0.1, 0.15) is 0 Å². The van der Waals surface area contributed by atoms with Crippen LogP contribution in [0.4, 0.5) is 26.3 Å². The van der Waals surface area contributed by atoms with Crippen molar-refractivity contribution in [2.75, 3.05) is 28.2 Å². The number of hydrazone groups is 2. The molecule has 13 heteroatoms. The summed E-state index contributed by atoms with van der Waals surface area (Å²) in [6.07, 6.45) is -9.92. The molecule has 6 nitrogen and oxygen atoms in total. The van der Waals surface area contributed by atoms with Gasteiger partial charge in [-0.05, 0) is 0 Å². The fourth-order valence-corrected chi connectivity index (χ4v) is 1.83. The zero-order valence-corrected chi connectivity index (χ0v) is 13.4. The molecule has 0 aliphatic rings. The first-order valence-electron chi connectivity index (χ1n) is 5.59. The monoisotopic (exact) mass is 353 g/mol. The number of hydrogen-bond donors (Lipinski definition) is 0. The lowest BCUT2D eigenvalue weighted by molar-refractivity contribution is -0.0771. The predicted octanol–water partition coefficient (Wildman–Crippen LogP) is 2.01. The average Bonchev–Trinajstić information content (AvgIpc) is 2.23. The van der Waals surface area contributed by atoms with Crippen LogP contribution in [0.5, 0.6) is 0 Å². The van der Waals surface area contributed by atoms with E-state index in [0.29, 0.717) is 0 Å². The van der Waals surface area contributed by atoms with Crippen LogP contribution >= 0.6 is 0 Å². The number of alkyl halides is 6. The highest BCUT2D eigenvalue weighted by atomic mass is 28.3. The van der Waals surface area contributed by atoms with E-state index in [9.17, 15) is 26.3 Å². The Morgan fingerprint density at radius 1 is 0.773 bits per heavy atom. The van der Waals surface area contributed by atoms with E-state index in [4.69, 9.17) is 0 Å². The van der Waals surface area contributed by atoms with Crippen molar-refractivity contribution in [1.82, 2.24) is 10.0 Å². The van der Waals surface area contributed by atoms with Crippen LogP contribution in [-0.4, -0.2) is 71.6 Å². The third-order valence-electron chi connectivity index (χ3n) is 1.55. The summed E-state index contributed by atoms with van der Waals surface area (Å²) in [5.74, 6) is -3.39. The Kier molecular flexibility index (Phi) is 6.98. The third-order valence-corrected chi connectivity index (χ3v) is 2.51. The molecule has 22 heavy (non-hydrogen) atoms. The van der Waals surface area contributed by atoms with Crippen molar-refractivity contribution >= 4 is 21.1 Å². The van der Waals surface area contributed by atoms with Gasteiger partial charge in [-0.1, -0.05) is 0 Å². The normalized spacial score (nSPS) is 14.2. The summed E-state index contributed by atoms with van der Waals surface area (Å²) < 4.78 is 84.6. The van der Waals surface area contributed by atoms with E-state index in [1.54, 1.807) is 0 Å². The van der Waals surface area contributed by atoms with Gasteiger partial charge in [-0.15, -0.1) is 10.2 Å². The van der Waals surface area contributed by atoms with Gasteiger partial charge in [0.05, 0.1) is 0 Å². The highest BCUT2D eigenvalue weighted by Crippen LogP contribution is 2.22. The first kappa shape index (κ1) is 20.3. The van der Waals surface area contributed by atoms with Crippen molar-refractivity contribution < 1.29 is 35.2 Å². The number of nitrogens with zero attached hydrogens (tertiary/aromatic N) is 4. The Bertz CT molecular complexity index is 383. The Labute approximate surface area is 124 Å². The van der Waals surface area contributed by atoms with Gasteiger partial charge in [-0.3, -0.25) is 10.0 Å². The molecule has 0 fully saturated rings. The molecule has 0 rings (SSSR count). The maximum absolute atomic E-state index is 12.6. The summed E-state index contributed by atoms with van der Waals surface area (Å²) >= 11 is 0. The Morgan fingerprint density at radius 3 is 1.23 bits per heavy atom. The molecule has 0 unspecified atom stereocenters. The van der Waals surface area contributed by atoms with Gasteiger partial charge >= 0.3 is 33.4 Å². The molecule has 0 heterocycles. The number of hydrogen-bond acceptors (Lipinski definition) is 6. The molecular formula is C9H15F6N4O2Si. The summed E-state index contributed by atoms with van der Waals surface area (Å²) in [5.41, 5.74) is 0. The quantitative estimate of drug-likeness (QED) is 0.255. The molecule has 0 atom stereocenters. The second-order valence-corrected chi connectivity index (χ2v) is 5.59. The number of halogens is 6. The zero-order valence-electron chi connectivity index (χ0n) is 12.4. The van der Waals surface area contributed by atoms with Crippen molar-refractivity contribution in [3.63, 3.8) is 0 Å². The van der Waals surface area contributed by atoms with Gasteiger partial charge in [-0.2, -0.15) is 26.3 Å². The zero-order chi connectivity index (χ0) is 17.7. The van der Waals surface area contributed by atoms with Crippen LogP contribution in [-0.2, 0) is 8.85 Å². The molecule has 0 aliphatic carbocycles. The minimum atomic E-state index is -4.96. The smallest absolute Gasteiger partial charge is 0.491 e. The second-order valence-electron chi connectivity index (χ2n) is 4.20. The molecule has 0 N–H and O–H groups in total. The van der Waals surface area contributed by atoms with Crippen molar-refractivity contribution in [1.29, 1.82) is 0 Å². The lowest BCUT2D eigenvalue weighted by Gasteiger charge is -2.20. The Hall–Kier alpha value is -1.66. The Balaban J connectivity index is 5.14. The molecule has 0 saturated heterocycles. The Morgan fingerprint density at radius 2 is 1.05 bits per heavy atom. The summed E-state index contributed by atoms with van der Waals surface area (Å²) in [6.45, 7) is 0.957. The minimum absolute atomic E-state index is 0.802. The fourth-order valence-electron chi connectivity index (χ4n) is 0.926. The van der Waals surface area contributed by atoms with Crippen molar-refractivity contribution in [3.05, 3.63) is 0 Å². The van der Waals surface area contributed by atoms with Crippen LogP contribution in [0, 0.1) is 0 Å². The number of rotatable bonds is 4. The topological polar surface area (TPSA) is 49.7 Å². The van der Waals surface area contributed by atoms with Crippen LogP contribution in [0.15, 0.2) is 10.2 Å². The first-order valence-corrected chi connectivity index (χ1v) is 7.40. The van der Waals surface area contributed by atoms with Crippen LogP contribution in [0.3, 0.4) is 0 Å². The van der Waals surface area contributed by atoms with E-state index < -0.39 is 33.4 Å². The van der Waals surface area contributed by atoms with E-state index >= 15 is 0 Å². The molecule has 0 saturated carbocycles. The molecule has 0 aromatic carbocycles. The predicted molar refractivity (Wildman–Crippen MR) is 68.1 cm³/mol. The van der Waals surface area contributed by atoms with E-state index in [0.717, 1.165) is 16.6 Å². The van der Waals surface area contributed by atoms with E-state index in [2.05, 4.69) is 19.1 Å². The average molecular weight is 353 g/mol. The SMILES string of the molecule is CN(C)/N=C(/O[Si](C)O/C(=N/N(C)C)C(F)(F)F)C(F)(F)F. The molecule has 0 bridgehead atoms. The summed E-state index contributed by atoms with van der Waals surface area (Å²) in [5, 5.41) is 7.67. The highest BCUT2D eigenvalue weighted by Gasteiger charge is 2.44. The molecule has 1 radical (unpaired) electrons. The van der Waals surface area contributed by atoms with E-state index in [-0.39, 0.29) is 0 Å². The van der Waals surface area contributed by atoms with Gasteiger partial charge in [0.15, 0.2) is 0 Å². The second kappa shape index (κ2) is 7.55. The van der Waals surface area contributed by atoms with Gasteiger partial charge in [0.25, 0.3) is 0 Å². The lowest BCUT2D eigenvalue weighted by Crippen LogP contribution is -2.39. The molecule has 0 aliphatic heterocycles. The van der Waals surface area contributed by atoms with Crippen molar-refractivity contribution in [3.8, 4) is 0 Å². The fraction of sp³-hybridized carbons (Fsp3) is 0.778. The molecule has 0 spiro atoms. The van der Waals surface area contributed by atoms with E-state index in [1.165, 1.54) is 28.2 Å². The van der Waals surface area contributed by atoms with Gasteiger partial charge in [0, 0.05) is 34.7 Å². The molecular weight excluding hydrogens is 338 g/mol. The van der Waals surface area contributed by atoms with E-state index in [1.807, 2.05) is 0 Å². The van der Waals surface area contributed by atoms with Gasteiger partial charge in [-0.25, -0.2) is 0 Å². The summed E-state index contributed by atoms with van der Waals surface area (Å²) in [6, 6.07) is 0. The lowest BCUT2D eigenvalue weighted by atomic mass is 10.6. The van der Waals surface area contributed by atoms with Crippen molar-refractivity contribution in [2.45, 2.75) is 18.9 Å². The van der Waals surface area contributed by atoms with Gasteiger partial charge < -0.3 is 8.85 Å². The van der Waals surface area contributed by atoms with Gasteiger partial charge in [0.2, 0.25) is 0 Å². The highest BCUT2D eigenvalue weighted by molar-refractivity contribution is 6.47. The summed E-state index contributed by atoms with van der Waals surface area (Å²) in [7, 11) is 1.81. The van der Waals surface area contributed by atoms with Crippen molar-refractivity contribution in [2.24, 2.45) is 10.2 Å². The van der Waals surface area contributed by atoms with Crippen LogP contribution in [0.25, 0.3) is 0 Å². The minimum Gasteiger partial charge on any atom is -0.491 e. The molecule has 0 amide bonds. The van der Waals surface area contributed by atoms with Crippen LogP contribution < -0.4 is 0 Å². The first-order chi connectivity index (χ1) is 9.73. The maximum Gasteiger partial charge on any atom is 0.531 e. The van der Waals surface area contributed by atoms with Crippen LogP contribution in [0.2, 0.25) is 6.55 Å². The summed E-state index contributed by atoms with van der Waals surface area (Å²) in [4.78, 5) is 0. The van der Waals surface area contributed by atoms with Gasteiger partial charge in [0.1, 0.15) is 0 Å². The molecule has 0 aromatic heterocycles. The third kappa shape index (κ3) is 7.95. The standard InChI is InChI=1S/C9H15F6N4O2Si/c1-18(2)16-6(8(10,11)12)20-22(5)21-7(9(13,14)15)17-19(3)4/h1-5H3/b16-6+,17-7+. The largest absolute Gasteiger partial charge is 0.531 e. The molecule has 0 aromatic rings. The maximum atomic E-state index is 12.6.